The van der Waals surface area contributed by atoms with E-state index in [1.54, 1.807) is 0 Å². The summed E-state index contributed by atoms with van der Waals surface area (Å²) in [7, 11) is 0. The Bertz CT molecular complexity index is 182. The molecule has 1 unspecified atom stereocenters. The molecule has 0 radical (unpaired) electrons. The quantitative estimate of drug-likeness (QED) is 0.733. The first kappa shape index (κ1) is 11.4. The Labute approximate surface area is 95.0 Å². The molecule has 1 saturated heterocycles. The topological polar surface area (TPSA) is 12.0 Å². The minimum absolute atomic E-state index is 0.640. The van der Waals surface area contributed by atoms with Gasteiger partial charge in [-0.25, -0.2) is 0 Å². The van der Waals surface area contributed by atoms with E-state index in [4.69, 9.17) is 0 Å². The summed E-state index contributed by atoms with van der Waals surface area (Å²) in [6.45, 7) is 7.42. The molecule has 1 heterocycles. The summed E-state index contributed by atoms with van der Waals surface area (Å²) in [4.78, 5) is 0. The van der Waals surface area contributed by atoms with E-state index in [0.29, 0.717) is 5.41 Å². The van der Waals surface area contributed by atoms with Crippen LogP contribution >= 0.6 is 0 Å². The van der Waals surface area contributed by atoms with Gasteiger partial charge in [0.25, 0.3) is 0 Å². The van der Waals surface area contributed by atoms with Gasteiger partial charge in [-0.15, -0.1) is 0 Å². The minimum atomic E-state index is 0.640. The summed E-state index contributed by atoms with van der Waals surface area (Å²) >= 11 is 0. The molecule has 0 bridgehead atoms. The maximum atomic E-state index is 3.54. The summed E-state index contributed by atoms with van der Waals surface area (Å²) in [6.07, 6.45) is 10.3. The summed E-state index contributed by atoms with van der Waals surface area (Å²) in [6, 6.07) is 0. The Morgan fingerprint density at radius 2 is 1.80 bits per heavy atom. The molecule has 0 aromatic rings. The SMILES string of the molecule is CC1(C)CCC(CC2CCCNC2)CC1. The van der Waals surface area contributed by atoms with Gasteiger partial charge < -0.3 is 5.32 Å². The molecule has 0 aromatic heterocycles. The highest BCUT2D eigenvalue weighted by molar-refractivity contribution is 4.81. The standard InChI is InChI=1S/C14H27N/c1-14(2)7-5-12(6-8-14)10-13-4-3-9-15-11-13/h12-13,15H,3-11H2,1-2H3. The third kappa shape index (κ3) is 3.48. The van der Waals surface area contributed by atoms with Crippen molar-refractivity contribution in [3.63, 3.8) is 0 Å². The largest absolute Gasteiger partial charge is 0.316 e. The molecule has 2 fully saturated rings. The maximum absolute atomic E-state index is 3.54. The molecule has 2 aliphatic rings. The normalized spacial score (nSPS) is 32.8. The van der Waals surface area contributed by atoms with Crippen LogP contribution in [0.1, 0.15) is 58.8 Å². The van der Waals surface area contributed by atoms with Crippen LogP contribution in [0.5, 0.6) is 0 Å². The fraction of sp³-hybridized carbons (Fsp3) is 1.00. The lowest BCUT2D eigenvalue weighted by Gasteiger charge is -2.36. The fourth-order valence-electron chi connectivity index (χ4n) is 3.29. The van der Waals surface area contributed by atoms with Gasteiger partial charge in [-0.3, -0.25) is 0 Å². The van der Waals surface area contributed by atoms with E-state index < -0.39 is 0 Å². The van der Waals surface area contributed by atoms with Gasteiger partial charge in [0.2, 0.25) is 0 Å². The van der Waals surface area contributed by atoms with Crippen LogP contribution in [-0.4, -0.2) is 13.1 Å². The highest BCUT2D eigenvalue weighted by Gasteiger charge is 2.28. The van der Waals surface area contributed by atoms with Crippen LogP contribution in [0.15, 0.2) is 0 Å². The molecular weight excluding hydrogens is 182 g/mol. The number of rotatable bonds is 2. The average molecular weight is 209 g/mol. The van der Waals surface area contributed by atoms with E-state index >= 15 is 0 Å². The van der Waals surface area contributed by atoms with Crippen LogP contribution in [0, 0.1) is 17.3 Å². The highest BCUT2D eigenvalue weighted by Crippen LogP contribution is 2.40. The molecule has 0 spiro atoms. The molecule has 0 amide bonds. The first-order chi connectivity index (χ1) is 7.16. The Hall–Kier alpha value is -0.0400. The van der Waals surface area contributed by atoms with Crippen molar-refractivity contribution in [1.29, 1.82) is 0 Å². The summed E-state index contributed by atoms with van der Waals surface area (Å²) in [5, 5.41) is 3.54. The van der Waals surface area contributed by atoms with Crippen LogP contribution < -0.4 is 5.32 Å². The molecule has 15 heavy (non-hydrogen) atoms. The lowest BCUT2D eigenvalue weighted by atomic mass is 9.70. The van der Waals surface area contributed by atoms with E-state index in [9.17, 15) is 0 Å². The zero-order chi connectivity index (χ0) is 10.7. The summed E-state index contributed by atoms with van der Waals surface area (Å²) in [5.41, 5.74) is 0.640. The molecule has 1 atom stereocenters. The molecule has 0 aromatic carbocycles. The molecule has 88 valence electrons. The van der Waals surface area contributed by atoms with Gasteiger partial charge in [0.15, 0.2) is 0 Å². The van der Waals surface area contributed by atoms with Crippen LogP contribution in [-0.2, 0) is 0 Å². The van der Waals surface area contributed by atoms with Crippen molar-refractivity contribution in [2.45, 2.75) is 58.8 Å². The van der Waals surface area contributed by atoms with Gasteiger partial charge >= 0.3 is 0 Å². The number of hydrogen-bond donors (Lipinski definition) is 1. The zero-order valence-corrected chi connectivity index (χ0v) is 10.5. The van der Waals surface area contributed by atoms with Gasteiger partial charge in [0.1, 0.15) is 0 Å². The first-order valence-corrected chi connectivity index (χ1v) is 6.86. The van der Waals surface area contributed by atoms with Crippen LogP contribution in [0.3, 0.4) is 0 Å². The summed E-state index contributed by atoms with van der Waals surface area (Å²) < 4.78 is 0. The van der Waals surface area contributed by atoms with E-state index in [1.165, 1.54) is 58.0 Å². The predicted octanol–water partition coefficient (Wildman–Crippen LogP) is 3.59. The second-order valence-electron chi connectivity index (χ2n) is 6.56. The second-order valence-corrected chi connectivity index (χ2v) is 6.56. The number of hydrogen-bond acceptors (Lipinski definition) is 1. The van der Waals surface area contributed by atoms with Crippen molar-refractivity contribution in [2.75, 3.05) is 13.1 Å². The Balaban J connectivity index is 1.71. The lowest BCUT2D eigenvalue weighted by Crippen LogP contribution is -2.32. The third-order valence-electron chi connectivity index (χ3n) is 4.52. The number of nitrogens with one attached hydrogen (secondary N) is 1. The van der Waals surface area contributed by atoms with E-state index in [-0.39, 0.29) is 0 Å². The van der Waals surface area contributed by atoms with E-state index in [2.05, 4.69) is 19.2 Å². The van der Waals surface area contributed by atoms with Crippen molar-refractivity contribution in [3.05, 3.63) is 0 Å². The fourth-order valence-corrected chi connectivity index (χ4v) is 3.29. The Morgan fingerprint density at radius 3 is 2.40 bits per heavy atom. The Morgan fingerprint density at radius 1 is 1.07 bits per heavy atom. The molecule has 1 saturated carbocycles. The predicted molar refractivity (Wildman–Crippen MR) is 65.9 cm³/mol. The van der Waals surface area contributed by atoms with Crippen LogP contribution in [0.4, 0.5) is 0 Å². The molecule has 1 aliphatic carbocycles. The second kappa shape index (κ2) is 4.86. The Kier molecular flexibility index (Phi) is 3.71. The average Bonchev–Trinajstić information content (AvgIpc) is 2.23. The van der Waals surface area contributed by atoms with Crippen molar-refractivity contribution >= 4 is 0 Å². The van der Waals surface area contributed by atoms with Crippen LogP contribution in [0.2, 0.25) is 0 Å². The van der Waals surface area contributed by atoms with E-state index in [1.807, 2.05) is 0 Å². The van der Waals surface area contributed by atoms with Gasteiger partial charge in [0.05, 0.1) is 0 Å². The van der Waals surface area contributed by atoms with Crippen molar-refractivity contribution < 1.29 is 0 Å². The van der Waals surface area contributed by atoms with Crippen molar-refractivity contribution in [1.82, 2.24) is 5.32 Å². The molecule has 2 rings (SSSR count). The van der Waals surface area contributed by atoms with E-state index in [0.717, 1.165) is 11.8 Å². The van der Waals surface area contributed by atoms with Crippen molar-refractivity contribution in [3.8, 4) is 0 Å². The van der Waals surface area contributed by atoms with Gasteiger partial charge in [-0.1, -0.05) is 13.8 Å². The summed E-state index contributed by atoms with van der Waals surface area (Å²) in [5.74, 6) is 2.04. The van der Waals surface area contributed by atoms with Gasteiger partial charge in [0, 0.05) is 0 Å². The smallest absolute Gasteiger partial charge is 0.00204 e. The minimum Gasteiger partial charge on any atom is -0.316 e. The van der Waals surface area contributed by atoms with Gasteiger partial charge in [-0.2, -0.15) is 0 Å². The molecule has 1 nitrogen and oxygen atoms in total. The van der Waals surface area contributed by atoms with Crippen LogP contribution in [0.25, 0.3) is 0 Å². The first-order valence-electron chi connectivity index (χ1n) is 6.86. The van der Waals surface area contributed by atoms with Gasteiger partial charge in [-0.05, 0) is 75.3 Å². The molecule has 1 aliphatic heterocycles. The number of piperidine rings is 1. The molecular formula is C14H27N. The third-order valence-corrected chi connectivity index (χ3v) is 4.52. The zero-order valence-electron chi connectivity index (χ0n) is 10.5. The maximum Gasteiger partial charge on any atom is -0.00204 e. The molecule has 1 heteroatoms. The monoisotopic (exact) mass is 209 g/mol. The molecule has 1 N–H and O–H groups in total. The lowest BCUT2D eigenvalue weighted by molar-refractivity contribution is 0.163. The highest BCUT2D eigenvalue weighted by atomic mass is 14.9. The van der Waals surface area contributed by atoms with Crippen molar-refractivity contribution in [2.24, 2.45) is 17.3 Å².